The summed E-state index contributed by atoms with van der Waals surface area (Å²) in [7, 11) is 1.60. The van der Waals surface area contributed by atoms with Crippen LogP contribution in [0, 0.1) is 0 Å². The lowest BCUT2D eigenvalue weighted by Gasteiger charge is -2.23. The summed E-state index contributed by atoms with van der Waals surface area (Å²) in [6.07, 6.45) is 0.816. The third kappa shape index (κ3) is 4.75. The van der Waals surface area contributed by atoms with Crippen molar-refractivity contribution in [3.05, 3.63) is 89.5 Å². The topological polar surface area (TPSA) is 67.9 Å². The highest BCUT2D eigenvalue weighted by Gasteiger charge is 2.31. The Hall–Kier alpha value is -3.80. The SMILES string of the molecule is COc1ccc(OCC(=O)NCc2ccc3c(c2)N(C(=O)c2ccccc2)[C@@H](C)C3)cc1. The number of hydrogen-bond donors (Lipinski definition) is 1. The molecule has 164 valence electrons. The van der Waals surface area contributed by atoms with Crippen molar-refractivity contribution >= 4 is 17.5 Å². The summed E-state index contributed by atoms with van der Waals surface area (Å²) in [6, 6.07) is 22.5. The van der Waals surface area contributed by atoms with Crippen molar-refractivity contribution in [3.63, 3.8) is 0 Å². The van der Waals surface area contributed by atoms with E-state index in [2.05, 4.69) is 12.2 Å². The van der Waals surface area contributed by atoms with Crippen molar-refractivity contribution < 1.29 is 19.1 Å². The van der Waals surface area contributed by atoms with Gasteiger partial charge in [0.05, 0.1) is 7.11 Å². The fourth-order valence-electron chi connectivity index (χ4n) is 3.87. The van der Waals surface area contributed by atoms with Gasteiger partial charge in [-0.1, -0.05) is 30.3 Å². The first-order valence-corrected chi connectivity index (χ1v) is 10.6. The molecular weight excluding hydrogens is 404 g/mol. The van der Waals surface area contributed by atoms with E-state index in [-0.39, 0.29) is 24.5 Å². The minimum atomic E-state index is -0.216. The van der Waals surface area contributed by atoms with Gasteiger partial charge in [0.15, 0.2) is 6.61 Å². The van der Waals surface area contributed by atoms with E-state index >= 15 is 0 Å². The average Bonchev–Trinajstić information content (AvgIpc) is 3.16. The molecule has 1 heterocycles. The lowest BCUT2D eigenvalue weighted by atomic mass is 10.1. The van der Waals surface area contributed by atoms with Gasteiger partial charge in [0, 0.05) is 23.8 Å². The molecule has 4 rings (SSSR count). The molecule has 1 aliphatic heterocycles. The summed E-state index contributed by atoms with van der Waals surface area (Å²) >= 11 is 0. The zero-order chi connectivity index (χ0) is 22.5. The lowest BCUT2D eigenvalue weighted by molar-refractivity contribution is -0.123. The van der Waals surface area contributed by atoms with Crippen molar-refractivity contribution in [2.75, 3.05) is 18.6 Å². The van der Waals surface area contributed by atoms with Crippen LogP contribution in [0.3, 0.4) is 0 Å². The number of benzene rings is 3. The van der Waals surface area contributed by atoms with Gasteiger partial charge in [0.25, 0.3) is 11.8 Å². The number of fused-ring (bicyclic) bond motifs is 1. The first kappa shape index (κ1) is 21.4. The molecule has 0 aromatic heterocycles. The van der Waals surface area contributed by atoms with Crippen molar-refractivity contribution in [1.29, 1.82) is 0 Å². The van der Waals surface area contributed by atoms with Gasteiger partial charge in [-0.25, -0.2) is 0 Å². The number of anilines is 1. The Balaban J connectivity index is 1.38. The minimum absolute atomic E-state index is 0.00840. The van der Waals surface area contributed by atoms with Crippen LogP contribution in [0.1, 0.15) is 28.4 Å². The second-order valence-corrected chi connectivity index (χ2v) is 7.80. The summed E-state index contributed by atoms with van der Waals surface area (Å²) in [6.45, 7) is 2.34. The molecule has 1 aliphatic rings. The van der Waals surface area contributed by atoms with Crippen LogP contribution in [0.15, 0.2) is 72.8 Å². The molecule has 0 spiro atoms. The van der Waals surface area contributed by atoms with Gasteiger partial charge in [0.2, 0.25) is 0 Å². The van der Waals surface area contributed by atoms with Gasteiger partial charge in [0.1, 0.15) is 11.5 Å². The number of carbonyl (C=O) groups excluding carboxylic acids is 2. The molecule has 1 N–H and O–H groups in total. The fraction of sp³-hybridized carbons (Fsp3) is 0.231. The lowest BCUT2D eigenvalue weighted by Crippen LogP contribution is -2.35. The average molecular weight is 431 g/mol. The highest BCUT2D eigenvalue weighted by Crippen LogP contribution is 2.34. The highest BCUT2D eigenvalue weighted by molar-refractivity contribution is 6.07. The Bertz CT molecular complexity index is 1100. The Morgan fingerprint density at radius 3 is 2.44 bits per heavy atom. The highest BCUT2D eigenvalue weighted by atomic mass is 16.5. The predicted octanol–water partition coefficient (Wildman–Crippen LogP) is 3.98. The normalized spacial score (nSPS) is 14.6. The van der Waals surface area contributed by atoms with Gasteiger partial charge in [-0.3, -0.25) is 9.59 Å². The van der Waals surface area contributed by atoms with Gasteiger partial charge in [-0.2, -0.15) is 0 Å². The summed E-state index contributed by atoms with van der Waals surface area (Å²) in [4.78, 5) is 27.2. The monoisotopic (exact) mass is 430 g/mol. The van der Waals surface area contributed by atoms with E-state index in [1.54, 1.807) is 31.4 Å². The molecule has 0 fully saturated rings. The molecule has 6 nitrogen and oxygen atoms in total. The Morgan fingerprint density at radius 2 is 1.72 bits per heavy atom. The number of methoxy groups -OCH3 is 1. The molecule has 0 aliphatic carbocycles. The zero-order valence-electron chi connectivity index (χ0n) is 18.2. The van der Waals surface area contributed by atoms with Crippen LogP contribution < -0.4 is 19.7 Å². The molecule has 0 radical (unpaired) electrons. The Morgan fingerprint density at radius 1 is 1.00 bits per heavy atom. The van der Waals surface area contributed by atoms with Crippen LogP contribution in [0.2, 0.25) is 0 Å². The van der Waals surface area contributed by atoms with Crippen molar-refractivity contribution in [2.24, 2.45) is 0 Å². The molecular formula is C26H26N2O4. The Kier molecular flexibility index (Phi) is 6.40. The quantitative estimate of drug-likeness (QED) is 0.616. The van der Waals surface area contributed by atoms with E-state index in [1.807, 2.05) is 53.4 Å². The van der Waals surface area contributed by atoms with Crippen LogP contribution >= 0.6 is 0 Å². The maximum atomic E-state index is 13.1. The van der Waals surface area contributed by atoms with E-state index in [0.717, 1.165) is 29.0 Å². The largest absolute Gasteiger partial charge is 0.497 e. The second-order valence-electron chi connectivity index (χ2n) is 7.80. The van der Waals surface area contributed by atoms with Crippen molar-refractivity contribution in [3.8, 4) is 11.5 Å². The summed E-state index contributed by atoms with van der Waals surface area (Å²) in [5.74, 6) is 1.10. The van der Waals surface area contributed by atoms with E-state index in [0.29, 0.717) is 17.9 Å². The van der Waals surface area contributed by atoms with Crippen LogP contribution in [-0.2, 0) is 17.8 Å². The van der Waals surface area contributed by atoms with Gasteiger partial charge >= 0.3 is 0 Å². The van der Waals surface area contributed by atoms with Crippen LogP contribution in [0.5, 0.6) is 11.5 Å². The smallest absolute Gasteiger partial charge is 0.258 e. The number of carbonyl (C=O) groups is 2. The molecule has 2 amide bonds. The standard InChI is InChI=1S/C26H26N2O4/c1-18-14-21-9-8-19(15-24(21)28(18)26(30)20-6-4-3-5-7-20)16-27-25(29)17-32-23-12-10-22(31-2)11-13-23/h3-13,15,18H,14,16-17H2,1-2H3,(H,27,29)/t18-/m0/s1. The first-order valence-electron chi connectivity index (χ1n) is 10.6. The van der Waals surface area contributed by atoms with Crippen LogP contribution in [0.25, 0.3) is 0 Å². The third-order valence-corrected chi connectivity index (χ3v) is 5.52. The molecule has 0 unspecified atom stereocenters. The second kappa shape index (κ2) is 9.56. The molecule has 32 heavy (non-hydrogen) atoms. The summed E-state index contributed by atoms with van der Waals surface area (Å²) in [5.41, 5.74) is 3.65. The van der Waals surface area contributed by atoms with E-state index in [1.165, 1.54) is 0 Å². The number of rotatable bonds is 7. The van der Waals surface area contributed by atoms with E-state index in [9.17, 15) is 9.59 Å². The van der Waals surface area contributed by atoms with Gasteiger partial charge in [-0.15, -0.1) is 0 Å². The number of hydrogen-bond acceptors (Lipinski definition) is 4. The fourth-order valence-corrected chi connectivity index (χ4v) is 3.87. The number of nitrogens with one attached hydrogen (secondary N) is 1. The number of ether oxygens (including phenoxy) is 2. The van der Waals surface area contributed by atoms with E-state index in [4.69, 9.17) is 9.47 Å². The summed E-state index contributed by atoms with van der Waals surface area (Å²) < 4.78 is 10.6. The van der Waals surface area contributed by atoms with Crippen molar-refractivity contribution in [1.82, 2.24) is 5.32 Å². The number of nitrogens with zero attached hydrogens (tertiary/aromatic N) is 1. The molecule has 3 aromatic rings. The third-order valence-electron chi connectivity index (χ3n) is 5.52. The summed E-state index contributed by atoms with van der Waals surface area (Å²) in [5, 5.41) is 2.88. The molecule has 0 bridgehead atoms. The minimum Gasteiger partial charge on any atom is -0.497 e. The van der Waals surface area contributed by atoms with E-state index < -0.39 is 0 Å². The number of amides is 2. The van der Waals surface area contributed by atoms with Gasteiger partial charge in [-0.05, 0) is 66.9 Å². The van der Waals surface area contributed by atoms with Gasteiger partial charge < -0.3 is 19.7 Å². The molecule has 1 atom stereocenters. The molecule has 6 heteroatoms. The maximum Gasteiger partial charge on any atom is 0.258 e. The predicted molar refractivity (Wildman–Crippen MR) is 123 cm³/mol. The van der Waals surface area contributed by atoms with Crippen molar-refractivity contribution in [2.45, 2.75) is 25.9 Å². The Labute approximate surface area is 187 Å². The van der Waals surface area contributed by atoms with Crippen LogP contribution in [0.4, 0.5) is 5.69 Å². The molecule has 0 saturated carbocycles. The van der Waals surface area contributed by atoms with Crippen LogP contribution in [-0.4, -0.2) is 31.6 Å². The molecule has 0 saturated heterocycles. The maximum absolute atomic E-state index is 13.1. The zero-order valence-corrected chi connectivity index (χ0v) is 18.2. The molecule has 3 aromatic carbocycles. The first-order chi connectivity index (χ1) is 15.5.